The summed E-state index contributed by atoms with van der Waals surface area (Å²) >= 11 is 0. The summed E-state index contributed by atoms with van der Waals surface area (Å²) in [5, 5.41) is 13.8. The van der Waals surface area contributed by atoms with Crippen molar-refractivity contribution in [3.63, 3.8) is 0 Å². The van der Waals surface area contributed by atoms with E-state index in [0.717, 1.165) is 54.9 Å². The predicted molar refractivity (Wildman–Crippen MR) is 160 cm³/mol. The minimum absolute atomic E-state index is 0.0372. The Kier molecular flexibility index (Phi) is 9.57. The quantitative estimate of drug-likeness (QED) is 0.202. The highest BCUT2D eigenvalue weighted by Gasteiger charge is 2.33. The van der Waals surface area contributed by atoms with Gasteiger partial charge in [0.05, 0.1) is 17.7 Å². The average Bonchev–Trinajstić information content (AvgIpc) is 3.30. The highest BCUT2D eigenvalue weighted by atomic mass is 19.1. The molecule has 212 valence electrons. The van der Waals surface area contributed by atoms with E-state index in [2.05, 4.69) is 46.6 Å². The molecule has 0 aliphatic heterocycles. The topological polar surface area (TPSA) is 61.8 Å². The van der Waals surface area contributed by atoms with Crippen LogP contribution in [-0.2, 0) is 24.2 Å². The van der Waals surface area contributed by atoms with Gasteiger partial charge >= 0.3 is 0 Å². The third-order valence-corrected chi connectivity index (χ3v) is 7.59. The van der Waals surface area contributed by atoms with E-state index < -0.39 is 23.9 Å². The van der Waals surface area contributed by atoms with Crippen LogP contribution < -0.4 is 5.32 Å². The van der Waals surface area contributed by atoms with Crippen LogP contribution in [0.4, 0.5) is 4.39 Å². The molecule has 0 unspecified atom stereocenters. The number of rotatable bonds is 12. The first kappa shape index (κ1) is 28.7. The molecule has 4 aromatic rings. The van der Waals surface area contributed by atoms with Gasteiger partial charge in [0.2, 0.25) is 0 Å². The van der Waals surface area contributed by atoms with E-state index in [9.17, 15) is 9.90 Å². The minimum Gasteiger partial charge on any atom is -0.390 e. The lowest BCUT2D eigenvalue weighted by Crippen LogP contribution is -2.34. The van der Waals surface area contributed by atoms with Gasteiger partial charge < -0.3 is 15.2 Å². The molecule has 0 spiro atoms. The number of aliphatic hydroxyl groups excluding tert-OH is 1. The number of carbonyl (C=O) groups is 1. The van der Waals surface area contributed by atoms with Gasteiger partial charge in [-0.05, 0) is 58.9 Å². The number of halogens is 1. The summed E-state index contributed by atoms with van der Waals surface area (Å²) in [7, 11) is 0. The monoisotopic (exact) mass is 552 g/mol. The minimum atomic E-state index is -0.775. The summed E-state index contributed by atoms with van der Waals surface area (Å²) in [4.78, 5) is 15.6. The largest absolute Gasteiger partial charge is 0.390 e. The zero-order chi connectivity index (χ0) is 28.6. The molecule has 4 aromatic carbocycles. The number of benzene rings is 4. The van der Waals surface area contributed by atoms with Crippen LogP contribution in [0.15, 0.2) is 97.1 Å². The molecule has 5 rings (SSSR count). The zero-order valence-electron chi connectivity index (χ0n) is 23.4. The molecule has 2 atom stereocenters. The average molecular weight is 553 g/mol. The number of hydrogen-bond acceptors (Lipinski definition) is 4. The van der Waals surface area contributed by atoms with Crippen molar-refractivity contribution < 1.29 is 19.0 Å². The van der Waals surface area contributed by atoms with Crippen LogP contribution in [0, 0.1) is 5.82 Å². The number of amides is 1. The molecule has 1 amide bonds. The fraction of sp³-hybridized carbons (Fsp3) is 0.286. The summed E-state index contributed by atoms with van der Waals surface area (Å²) < 4.78 is 20.6. The number of nitrogens with zero attached hydrogens (tertiary/aromatic N) is 1. The number of carbonyl (C=O) groups excluding carboxylic acids is 1. The van der Waals surface area contributed by atoms with E-state index in [1.54, 1.807) is 6.07 Å². The van der Waals surface area contributed by atoms with Crippen LogP contribution >= 0.6 is 0 Å². The molecular formula is C35H37FN2O3. The number of nitrogens with one attached hydrogen (secondary N) is 1. The lowest BCUT2D eigenvalue weighted by atomic mass is 10.0. The van der Waals surface area contributed by atoms with Crippen molar-refractivity contribution >= 4 is 5.91 Å². The van der Waals surface area contributed by atoms with E-state index in [4.69, 9.17) is 4.74 Å². The van der Waals surface area contributed by atoms with Gasteiger partial charge in [-0.15, -0.1) is 0 Å². The van der Waals surface area contributed by atoms with E-state index in [1.165, 1.54) is 17.7 Å². The van der Waals surface area contributed by atoms with Crippen molar-refractivity contribution in [2.24, 2.45) is 0 Å². The maximum Gasteiger partial charge on any atom is 0.254 e. The van der Waals surface area contributed by atoms with Gasteiger partial charge in [-0.2, -0.15) is 0 Å². The Hall–Kier alpha value is -3.84. The molecule has 6 heteroatoms. The molecule has 0 fully saturated rings. The standard InChI is InChI=1S/C35H37FN2O3/c1-2-41-19-9-18-38(23-25-10-5-3-6-11-25)24-26-14-15-29-22-33(39)34(31(29)20-26)37-35(40)30-17-16-28(21-32(30)36)27-12-7-4-8-13-27/h3-8,10-17,20-21,33-34,39H,2,9,18-19,22-24H2,1H3,(H,37,40)/t33-,34-/m1/s1. The molecule has 1 aliphatic rings. The molecule has 0 bridgehead atoms. The van der Waals surface area contributed by atoms with Crippen LogP contribution in [0.2, 0.25) is 0 Å². The van der Waals surface area contributed by atoms with Crippen LogP contribution in [-0.4, -0.2) is 41.8 Å². The van der Waals surface area contributed by atoms with Crippen molar-refractivity contribution in [3.05, 3.63) is 131 Å². The Labute approximate surface area is 241 Å². The van der Waals surface area contributed by atoms with Gasteiger partial charge in [-0.1, -0.05) is 84.9 Å². The number of fused-ring (bicyclic) bond motifs is 1. The first-order chi connectivity index (χ1) is 20.0. The fourth-order valence-electron chi connectivity index (χ4n) is 5.52. The van der Waals surface area contributed by atoms with Crippen LogP contribution in [0.1, 0.15) is 52.0 Å². The Morgan fingerprint density at radius 2 is 1.66 bits per heavy atom. The summed E-state index contributed by atoms with van der Waals surface area (Å²) in [6.07, 6.45) is 0.595. The van der Waals surface area contributed by atoms with Gasteiger partial charge in [-0.25, -0.2) is 4.39 Å². The molecule has 1 aliphatic carbocycles. The molecule has 0 saturated carbocycles. The van der Waals surface area contributed by atoms with Gasteiger partial charge in [-0.3, -0.25) is 9.69 Å². The first-order valence-corrected chi connectivity index (χ1v) is 14.3. The fourth-order valence-corrected chi connectivity index (χ4v) is 5.52. The maximum atomic E-state index is 15.1. The van der Waals surface area contributed by atoms with Crippen molar-refractivity contribution in [1.29, 1.82) is 0 Å². The number of hydrogen-bond donors (Lipinski definition) is 2. The Morgan fingerprint density at radius 1 is 0.927 bits per heavy atom. The number of ether oxygens (including phenoxy) is 1. The second kappa shape index (κ2) is 13.7. The van der Waals surface area contributed by atoms with Gasteiger partial charge in [0.25, 0.3) is 5.91 Å². The van der Waals surface area contributed by atoms with Crippen molar-refractivity contribution in [2.75, 3.05) is 19.8 Å². The van der Waals surface area contributed by atoms with E-state index in [1.807, 2.05) is 49.4 Å². The lowest BCUT2D eigenvalue weighted by Gasteiger charge is -2.24. The van der Waals surface area contributed by atoms with E-state index in [-0.39, 0.29) is 5.56 Å². The molecule has 5 nitrogen and oxygen atoms in total. The smallest absolute Gasteiger partial charge is 0.254 e. The van der Waals surface area contributed by atoms with Gasteiger partial charge in [0.1, 0.15) is 5.82 Å². The highest BCUT2D eigenvalue weighted by Crippen LogP contribution is 2.33. The summed E-state index contributed by atoms with van der Waals surface area (Å²) in [5.74, 6) is -1.13. The maximum absolute atomic E-state index is 15.1. The SMILES string of the molecule is CCOCCCN(Cc1ccccc1)Cc1ccc2c(c1)[C@@H](NC(=O)c1ccc(-c3ccccc3)cc1F)[C@H](O)C2. The molecule has 0 aromatic heterocycles. The third kappa shape index (κ3) is 7.27. The summed E-state index contributed by atoms with van der Waals surface area (Å²) in [6.45, 7) is 5.85. The highest BCUT2D eigenvalue weighted by molar-refractivity contribution is 5.95. The molecule has 41 heavy (non-hydrogen) atoms. The second-order valence-corrected chi connectivity index (χ2v) is 10.6. The second-order valence-electron chi connectivity index (χ2n) is 10.6. The molecular weight excluding hydrogens is 515 g/mol. The molecule has 0 saturated heterocycles. The van der Waals surface area contributed by atoms with Gasteiger partial charge in [0, 0.05) is 39.3 Å². The van der Waals surface area contributed by atoms with Crippen molar-refractivity contribution in [2.45, 2.75) is 45.0 Å². The summed E-state index contributed by atoms with van der Waals surface area (Å²) in [6, 6.07) is 30.1. The Morgan fingerprint density at radius 3 is 2.39 bits per heavy atom. The van der Waals surface area contributed by atoms with Crippen LogP contribution in [0.5, 0.6) is 0 Å². The lowest BCUT2D eigenvalue weighted by molar-refractivity contribution is 0.0854. The Bertz CT molecular complexity index is 1440. The van der Waals surface area contributed by atoms with Crippen LogP contribution in [0.25, 0.3) is 11.1 Å². The third-order valence-electron chi connectivity index (χ3n) is 7.59. The number of aliphatic hydroxyl groups is 1. The molecule has 0 radical (unpaired) electrons. The molecule has 0 heterocycles. The van der Waals surface area contributed by atoms with Crippen molar-refractivity contribution in [1.82, 2.24) is 10.2 Å². The van der Waals surface area contributed by atoms with Gasteiger partial charge in [0.15, 0.2) is 0 Å². The Balaban J connectivity index is 1.31. The zero-order valence-corrected chi connectivity index (χ0v) is 23.4. The van der Waals surface area contributed by atoms with Crippen LogP contribution in [0.3, 0.4) is 0 Å². The molecule has 2 N–H and O–H groups in total. The predicted octanol–water partition coefficient (Wildman–Crippen LogP) is 6.31. The normalized spacial score (nSPS) is 16.1. The van der Waals surface area contributed by atoms with E-state index in [0.29, 0.717) is 18.6 Å². The van der Waals surface area contributed by atoms with E-state index >= 15 is 4.39 Å². The summed E-state index contributed by atoms with van der Waals surface area (Å²) in [5.41, 5.74) is 5.77. The van der Waals surface area contributed by atoms with Crippen molar-refractivity contribution in [3.8, 4) is 11.1 Å². The first-order valence-electron chi connectivity index (χ1n) is 14.3.